The molecule has 0 radical (unpaired) electrons. The van der Waals surface area contributed by atoms with Crippen molar-refractivity contribution in [3.8, 4) is 5.75 Å². The van der Waals surface area contributed by atoms with Crippen LogP contribution in [-0.4, -0.2) is 37.0 Å². The minimum atomic E-state index is -0.297. The van der Waals surface area contributed by atoms with Crippen LogP contribution >= 0.6 is 0 Å². The molecule has 0 aliphatic carbocycles. The van der Waals surface area contributed by atoms with Gasteiger partial charge >= 0.3 is 6.03 Å². The van der Waals surface area contributed by atoms with Crippen LogP contribution < -0.4 is 15.4 Å². The van der Waals surface area contributed by atoms with Crippen molar-refractivity contribution in [2.75, 3.05) is 25.5 Å². The van der Waals surface area contributed by atoms with Crippen LogP contribution in [0.15, 0.2) is 48.5 Å². The summed E-state index contributed by atoms with van der Waals surface area (Å²) in [5.74, 6) is 0.143. The summed E-state index contributed by atoms with van der Waals surface area (Å²) < 4.78 is 18.2. The number of hydrogen-bond donors (Lipinski definition) is 2. The SMILES string of the molecule is COc1ccccc1NC(=O)N1CCC(C(=O)NCc2ccc(F)cc2)CC1. The first-order valence-corrected chi connectivity index (χ1v) is 9.28. The highest BCUT2D eigenvalue weighted by molar-refractivity contribution is 5.91. The van der Waals surface area contributed by atoms with E-state index in [9.17, 15) is 14.0 Å². The van der Waals surface area contributed by atoms with E-state index in [-0.39, 0.29) is 23.7 Å². The molecular weight excluding hydrogens is 361 g/mol. The Morgan fingerprint density at radius 2 is 1.79 bits per heavy atom. The average Bonchev–Trinajstić information content (AvgIpc) is 2.73. The molecule has 1 fully saturated rings. The number of benzene rings is 2. The first-order chi connectivity index (χ1) is 13.6. The normalized spacial score (nSPS) is 14.4. The number of nitrogens with one attached hydrogen (secondary N) is 2. The van der Waals surface area contributed by atoms with Gasteiger partial charge in [-0.3, -0.25) is 4.79 Å². The molecule has 1 saturated heterocycles. The summed E-state index contributed by atoms with van der Waals surface area (Å²) in [6, 6.07) is 13.1. The molecule has 28 heavy (non-hydrogen) atoms. The monoisotopic (exact) mass is 385 g/mol. The van der Waals surface area contributed by atoms with E-state index in [0.29, 0.717) is 43.9 Å². The minimum Gasteiger partial charge on any atom is -0.495 e. The number of methoxy groups -OCH3 is 1. The molecule has 148 valence electrons. The maximum Gasteiger partial charge on any atom is 0.321 e. The van der Waals surface area contributed by atoms with E-state index in [1.165, 1.54) is 12.1 Å². The Kier molecular flexibility index (Phi) is 6.47. The maximum absolute atomic E-state index is 12.9. The number of nitrogens with zero attached hydrogens (tertiary/aromatic N) is 1. The van der Waals surface area contributed by atoms with Crippen LogP contribution in [0.4, 0.5) is 14.9 Å². The summed E-state index contributed by atoms with van der Waals surface area (Å²) in [5, 5.41) is 5.75. The Morgan fingerprint density at radius 3 is 2.46 bits per heavy atom. The zero-order valence-electron chi connectivity index (χ0n) is 15.8. The predicted molar refractivity (Wildman–Crippen MR) is 105 cm³/mol. The third-order valence-electron chi connectivity index (χ3n) is 4.88. The van der Waals surface area contributed by atoms with Crippen molar-refractivity contribution < 1.29 is 18.7 Å². The molecule has 0 spiro atoms. The van der Waals surface area contributed by atoms with Gasteiger partial charge in [-0.1, -0.05) is 24.3 Å². The molecule has 3 amide bonds. The molecule has 3 rings (SSSR count). The van der Waals surface area contributed by atoms with Gasteiger partial charge in [0.05, 0.1) is 12.8 Å². The third kappa shape index (κ3) is 5.00. The molecule has 1 aliphatic heterocycles. The Hall–Kier alpha value is -3.09. The van der Waals surface area contributed by atoms with Gasteiger partial charge in [-0.2, -0.15) is 0 Å². The van der Waals surface area contributed by atoms with Gasteiger partial charge in [0.2, 0.25) is 5.91 Å². The van der Waals surface area contributed by atoms with Crippen LogP contribution in [-0.2, 0) is 11.3 Å². The van der Waals surface area contributed by atoms with E-state index in [4.69, 9.17) is 4.74 Å². The molecule has 2 aromatic rings. The minimum absolute atomic E-state index is 0.0332. The molecule has 0 saturated carbocycles. The molecule has 1 heterocycles. The van der Waals surface area contributed by atoms with Crippen molar-refractivity contribution in [1.29, 1.82) is 0 Å². The van der Waals surface area contributed by atoms with Crippen molar-refractivity contribution in [3.05, 3.63) is 59.9 Å². The Labute approximate surface area is 163 Å². The van der Waals surface area contributed by atoms with Gasteiger partial charge < -0.3 is 20.3 Å². The van der Waals surface area contributed by atoms with Crippen molar-refractivity contribution in [2.24, 2.45) is 5.92 Å². The zero-order chi connectivity index (χ0) is 19.9. The second-order valence-corrected chi connectivity index (χ2v) is 6.74. The van der Waals surface area contributed by atoms with Gasteiger partial charge in [-0.25, -0.2) is 9.18 Å². The highest BCUT2D eigenvalue weighted by atomic mass is 19.1. The summed E-state index contributed by atoms with van der Waals surface area (Å²) in [7, 11) is 1.56. The fraction of sp³-hybridized carbons (Fsp3) is 0.333. The van der Waals surface area contributed by atoms with Crippen LogP contribution in [0.25, 0.3) is 0 Å². The number of likely N-dealkylation sites (tertiary alicyclic amines) is 1. The fourth-order valence-electron chi connectivity index (χ4n) is 3.22. The molecule has 2 aromatic carbocycles. The van der Waals surface area contributed by atoms with Gasteiger partial charge in [-0.05, 0) is 42.7 Å². The molecule has 0 unspecified atom stereocenters. The van der Waals surface area contributed by atoms with E-state index in [2.05, 4.69) is 10.6 Å². The van der Waals surface area contributed by atoms with Crippen LogP contribution in [0, 0.1) is 11.7 Å². The molecule has 0 aromatic heterocycles. The Bertz CT molecular complexity index is 818. The quantitative estimate of drug-likeness (QED) is 0.829. The van der Waals surface area contributed by atoms with Crippen LogP contribution in [0.2, 0.25) is 0 Å². The second-order valence-electron chi connectivity index (χ2n) is 6.74. The maximum atomic E-state index is 12.9. The second kappa shape index (κ2) is 9.21. The number of para-hydroxylation sites is 2. The van der Waals surface area contributed by atoms with Crippen molar-refractivity contribution >= 4 is 17.6 Å². The molecule has 2 N–H and O–H groups in total. The number of urea groups is 1. The van der Waals surface area contributed by atoms with Gasteiger partial charge in [-0.15, -0.1) is 0 Å². The van der Waals surface area contributed by atoms with E-state index in [1.807, 2.05) is 12.1 Å². The predicted octanol–water partition coefficient (Wildman–Crippen LogP) is 3.39. The third-order valence-corrected chi connectivity index (χ3v) is 4.88. The van der Waals surface area contributed by atoms with Gasteiger partial charge in [0, 0.05) is 25.6 Å². The van der Waals surface area contributed by atoms with Crippen LogP contribution in [0.5, 0.6) is 5.75 Å². The number of amides is 3. The van der Waals surface area contributed by atoms with E-state index in [0.717, 1.165) is 5.56 Å². The lowest BCUT2D eigenvalue weighted by atomic mass is 9.96. The van der Waals surface area contributed by atoms with Gasteiger partial charge in [0.1, 0.15) is 11.6 Å². The number of hydrogen-bond acceptors (Lipinski definition) is 3. The Balaban J connectivity index is 1.46. The van der Waals surface area contributed by atoms with Crippen molar-refractivity contribution in [2.45, 2.75) is 19.4 Å². The fourth-order valence-corrected chi connectivity index (χ4v) is 3.22. The average molecular weight is 385 g/mol. The smallest absolute Gasteiger partial charge is 0.321 e. The topological polar surface area (TPSA) is 70.7 Å². The van der Waals surface area contributed by atoms with Crippen LogP contribution in [0.3, 0.4) is 0 Å². The molecule has 6 nitrogen and oxygen atoms in total. The van der Waals surface area contributed by atoms with Gasteiger partial charge in [0.15, 0.2) is 0 Å². The standard InChI is InChI=1S/C21H24FN3O3/c1-28-19-5-3-2-4-18(19)24-21(27)25-12-10-16(11-13-25)20(26)23-14-15-6-8-17(22)9-7-15/h2-9,16H,10-14H2,1H3,(H,23,26)(H,24,27). The number of rotatable bonds is 5. The zero-order valence-corrected chi connectivity index (χ0v) is 15.8. The highest BCUT2D eigenvalue weighted by Gasteiger charge is 2.27. The number of piperidine rings is 1. The number of halogens is 1. The van der Waals surface area contributed by atoms with Crippen molar-refractivity contribution in [1.82, 2.24) is 10.2 Å². The van der Waals surface area contributed by atoms with E-state index >= 15 is 0 Å². The first-order valence-electron chi connectivity index (χ1n) is 9.28. The summed E-state index contributed by atoms with van der Waals surface area (Å²) in [6.45, 7) is 1.39. The molecule has 7 heteroatoms. The van der Waals surface area contributed by atoms with E-state index in [1.54, 1.807) is 36.3 Å². The summed E-state index contributed by atoms with van der Waals surface area (Å²) >= 11 is 0. The van der Waals surface area contributed by atoms with Gasteiger partial charge in [0.25, 0.3) is 0 Å². The number of anilines is 1. The molecule has 0 atom stereocenters. The summed E-state index contributed by atoms with van der Waals surface area (Å²) in [6.07, 6.45) is 1.21. The largest absolute Gasteiger partial charge is 0.495 e. The Morgan fingerprint density at radius 1 is 1.11 bits per heavy atom. The number of carbonyl (C=O) groups is 2. The summed E-state index contributed by atoms with van der Waals surface area (Å²) in [4.78, 5) is 26.6. The lowest BCUT2D eigenvalue weighted by Crippen LogP contribution is -2.44. The van der Waals surface area contributed by atoms with Crippen molar-refractivity contribution in [3.63, 3.8) is 0 Å². The molecule has 0 bridgehead atoms. The first kappa shape index (κ1) is 19.7. The lowest BCUT2D eigenvalue weighted by molar-refractivity contribution is -0.126. The number of carbonyl (C=O) groups excluding carboxylic acids is 2. The lowest BCUT2D eigenvalue weighted by Gasteiger charge is -2.31. The number of ether oxygens (including phenoxy) is 1. The van der Waals surface area contributed by atoms with Crippen LogP contribution in [0.1, 0.15) is 18.4 Å². The van der Waals surface area contributed by atoms with E-state index < -0.39 is 0 Å². The molecular formula is C21H24FN3O3. The molecule has 1 aliphatic rings. The highest BCUT2D eigenvalue weighted by Crippen LogP contribution is 2.24. The summed E-state index contributed by atoms with van der Waals surface area (Å²) in [5.41, 5.74) is 1.47.